The summed E-state index contributed by atoms with van der Waals surface area (Å²) in [6.07, 6.45) is 0. The summed E-state index contributed by atoms with van der Waals surface area (Å²) in [7, 11) is 0. The van der Waals surface area contributed by atoms with E-state index < -0.39 is 0 Å². The lowest BCUT2D eigenvalue weighted by Gasteiger charge is -2.22. The number of carbonyl (C=O) groups excluding carboxylic acids is 1. The zero-order chi connectivity index (χ0) is 22.5. The molecule has 10 heteroatoms. The highest BCUT2D eigenvalue weighted by Crippen LogP contribution is 2.28. The Kier molecular flexibility index (Phi) is 6.69. The summed E-state index contributed by atoms with van der Waals surface area (Å²) in [4.78, 5) is 23.9. The zero-order valence-electron chi connectivity index (χ0n) is 18.4. The molecule has 0 aliphatic heterocycles. The van der Waals surface area contributed by atoms with Crippen molar-refractivity contribution in [1.82, 2.24) is 24.6 Å². The molecule has 2 heterocycles. The Balaban J connectivity index is 1.59. The minimum atomic E-state index is 0.000733. The lowest BCUT2D eigenvalue weighted by atomic mass is 10.1. The van der Waals surface area contributed by atoms with Gasteiger partial charge in [-0.25, -0.2) is 4.40 Å². The predicted octanol–water partition coefficient (Wildman–Crippen LogP) is 3.68. The lowest BCUT2D eigenvalue weighted by molar-refractivity contribution is -0.116. The third-order valence-corrected chi connectivity index (χ3v) is 5.83. The Morgan fingerprint density at radius 1 is 1.00 bits per heavy atom. The monoisotopic (exact) mass is 450 g/mol. The number of aromatic nitrogens is 5. The molecule has 0 fully saturated rings. The summed E-state index contributed by atoms with van der Waals surface area (Å²) < 4.78 is 1.75. The van der Waals surface area contributed by atoms with Crippen LogP contribution in [-0.4, -0.2) is 55.9 Å². The third kappa shape index (κ3) is 4.31. The topological polar surface area (TPSA) is 100 Å². The van der Waals surface area contributed by atoms with Gasteiger partial charge in [-0.15, -0.1) is 10.2 Å². The molecule has 0 unspecified atom stereocenters. The van der Waals surface area contributed by atoms with Gasteiger partial charge in [0.2, 0.25) is 17.8 Å². The number of fused-ring (bicyclic) bond motifs is 2. The van der Waals surface area contributed by atoms with Crippen LogP contribution in [0.15, 0.2) is 47.6 Å². The Morgan fingerprint density at radius 2 is 1.78 bits per heavy atom. The first-order valence-electron chi connectivity index (χ1n) is 10.7. The van der Waals surface area contributed by atoms with Crippen molar-refractivity contribution in [2.24, 2.45) is 0 Å². The summed E-state index contributed by atoms with van der Waals surface area (Å²) >= 11 is 1.33. The lowest BCUT2D eigenvalue weighted by Crippen LogP contribution is -2.32. The normalized spacial score (nSPS) is 11.1. The van der Waals surface area contributed by atoms with Crippen LogP contribution >= 0.6 is 11.8 Å². The first kappa shape index (κ1) is 21.8. The maximum Gasteiger partial charge on any atom is 0.261 e. The number of rotatable bonds is 9. The van der Waals surface area contributed by atoms with Gasteiger partial charge in [-0.1, -0.05) is 48.2 Å². The molecule has 0 radical (unpaired) electrons. The maximum atomic E-state index is 13.2. The number of hydrogen-bond donors (Lipinski definition) is 2. The molecule has 2 N–H and O–H groups in total. The van der Waals surface area contributed by atoms with Crippen molar-refractivity contribution in [2.45, 2.75) is 25.9 Å². The number of anilines is 3. The van der Waals surface area contributed by atoms with E-state index in [1.807, 2.05) is 56.0 Å². The fourth-order valence-electron chi connectivity index (χ4n) is 3.53. The fourth-order valence-corrected chi connectivity index (χ4v) is 4.33. The molecule has 4 aromatic rings. The number of thioether (sulfide) groups is 1. The van der Waals surface area contributed by atoms with Crippen LogP contribution in [0.3, 0.4) is 0 Å². The van der Waals surface area contributed by atoms with Crippen molar-refractivity contribution in [1.29, 1.82) is 0 Å². The van der Waals surface area contributed by atoms with Gasteiger partial charge in [-0.3, -0.25) is 4.79 Å². The highest BCUT2D eigenvalue weighted by atomic mass is 32.2. The number of nitrogens with one attached hydrogen (secondary N) is 2. The molecule has 1 amide bonds. The summed E-state index contributed by atoms with van der Waals surface area (Å²) in [5, 5.41) is 17.5. The van der Waals surface area contributed by atoms with Crippen molar-refractivity contribution in [3.63, 3.8) is 0 Å². The van der Waals surface area contributed by atoms with Gasteiger partial charge in [-0.2, -0.15) is 9.97 Å². The first-order valence-corrected chi connectivity index (χ1v) is 11.7. The van der Waals surface area contributed by atoms with Gasteiger partial charge in [-0.05, 0) is 32.2 Å². The van der Waals surface area contributed by atoms with Gasteiger partial charge >= 0.3 is 0 Å². The van der Waals surface area contributed by atoms with Gasteiger partial charge in [0.25, 0.3) is 5.78 Å². The molecular weight excluding hydrogens is 424 g/mol. The van der Waals surface area contributed by atoms with Gasteiger partial charge in [0.15, 0.2) is 5.16 Å². The second-order valence-electron chi connectivity index (χ2n) is 6.97. The molecular formula is C22H26N8OS. The number of benzene rings is 2. The number of nitrogens with zero attached hydrogens (tertiary/aromatic N) is 6. The van der Waals surface area contributed by atoms with Crippen molar-refractivity contribution < 1.29 is 4.79 Å². The highest BCUT2D eigenvalue weighted by molar-refractivity contribution is 7.99. The van der Waals surface area contributed by atoms with Crippen LogP contribution in [-0.2, 0) is 4.79 Å². The summed E-state index contributed by atoms with van der Waals surface area (Å²) in [5.74, 6) is 1.74. The standard InChI is InChI=1S/C22H26N8OS/c1-4-23-19-25-20(24-5-2)30-21(26-19)27-28-22(30)32-14-18(31)29(6-3)17-13-9-11-15-10-7-8-12-16(15)17/h7-13H,4-6,14H2,1-3H3,(H2,23,24,25,26,27). The molecule has 32 heavy (non-hydrogen) atoms. The molecule has 0 bridgehead atoms. The van der Waals surface area contributed by atoms with E-state index >= 15 is 0 Å². The molecule has 9 nitrogen and oxygen atoms in total. The summed E-state index contributed by atoms with van der Waals surface area (Å²) in [6, 6.07) is 14.1. The molecule has 166 valence electrons. The van der Waals surface area contributed by atoms with Crippen LogP contribution in [0, 0.1) is 0 Å². The molecule has 2 aromatic heterocycles. The SMILES string of the molecule is CCNc1nc(NCC)n2c(SCC(=O)N(CC)c3cccc4ccccc34)nnc2n1. The first-order chi connectivity index (χ1) is 15.7. The Labute approximate surface area is 190 Å². The van der Waals surface area contributed by atoms with Crippen LogP contribution < -0.4 is 15.5 Å². The maximum absolute atomic E-state index is 13.2. The molecule has 0 aliphatic rings. The van der Waals surface area contributed by atoms with Crippen molar-refractivity contribution in [3.8, 4) is 0 Å². The quantitative estimate of drug-likeness (QED) is 0.373. The number of amides is 1. The molecule has 0 spiro atoms. The largest absolute Gasteiger partial charge is 0.355 e. The summed E-state index contributed by atoms with van der Waals surface area (Å²) in [6.45, 7) is 7.91. The van der Waals surface area contributed by atoms with Crippen LogP contribution in [0.2, 0.25) is 0 Å². The third-order valence-electron chi connectivity index (χ3n) is 4.92. The van der Waals surface area contributed by atoms with Crippen LogP contribution in [0.1, 0.15) is 20.8 Å². The Bertz CT molecular complexity index is 1240. The number of hydrogen-bond acceptors (Lipinski definition) is 8. The Hall–Kier alpha value is -3.40. The van der Waals surface area contributed by atoms with Crippen LogP contribution in [0.4, 0.5) is 17.6 Å². The minimum absolute atomic E-state index is 0.000733. The minimum Gasteiger partial charge on any atom is -0.355 e. The second kappa shape index (κ2) is 9.82. The second-order valence-corrected chi connectivity index (χ2v) is 7.92. The molecule has 0 saturated carbocycles. The van der Waals surface area contributed by atoms with E-state index in [2.05, 4.69) is 42.9 Å². The Morgan fingerprint density at radius 3 is 2.56 bits per heavy atom. The van der Waals surface area contributed by atoms with Crippen molar-refractivity contribution >= 4 is 51.8 Å². The zero-order valence-corrected chi connectivity index (χ0v) is 19.2. The summed E-state index contributed by atoms with van der Waals surface area (Å²) in [5.41, 5.74) is 0.911. The van der Waals surface area contributed by atoms with E-state index in [0.29, 0.717) is 42.5 Å². The van der Waals surface area contributed by atoms with E-state index in [1.165, 1.54) is 11.8 Å². The van der Waals surface area contributed by atoms with E-state index in [9.17, 15) is 4.79 Å². The van der Waals surface area contributed by atoms with Crippen molar-refractivity contribution in [2.75, 3.05) is 40.9 Å². The average molecular weight is 451 g/mol. The molecule has 0 saturated heterocycles. The van der Waals surface area contributed by atoms with Crippen molar-refractivity contribution in [3.05, 3.63) is 42.5 Å². The predicted molar refractivity (Wildman–Crippen MR) is 130 cm³/mol. The smallest absolute Gasteiger partial charge is 0.261 e. The number of carbonyl (C=O) groups is 1. The van der Waals surface area contributed by atoms with Gasteiger partial charge in [0.1, 0.15) is 0 Å². The highest BCUT2D eigenvalue weighted by Gasteiger charge is 2.20. The molecule has 0 aliphatic carbocycles. The van der Waals surface area contributed by atoms with Crippen LogP contribution in [0.25, 0.3) is 16.6 Å². The molecule has 2 aromatic carbocycles. The van der Waals surface area contributed by atoms with E-state index in [4.69, 9.17) is 0 Å². The van der Waals surface area contributed by atoms with E-state index in [-0.39, 0.29) is 11.7 Å². The average Bonchev–Trinajstić information content (AvgIpc) is 3.22. The van der Waals surface area contributed by atoms with Gasteiger partial charge in [0, 0.05) is 25.0 Å². The van der Waals surface area contributed by atoms with Crippen LogP contribution in [0.5, 0.6) is 0 Å². The van der Waals surface area contributed by atoms with Gasteiger partial charge < -0.3 is 15.5 Å². The van der Waals surface area contributed by atoms with E-state index in [0.717, 1.165) is 16.5 Å². The van der Waals surface area contributed by atoms with Gasteiger partial charge in [0.05, 0.1) is 11.4 Å². The molecule has 4 rings (SSSR count). The molecule has 0 atom stereocenters. The fraction of sp³-hybridized carbons (Fsp3) is 0.318. The van der Waals surface area contributed by atoms with E-state index in [1.54, 1.807) is 4.40 Å².